The molecule has 0 amide bonds. The molecule has 0 aliphatic heterocycles. The van der Waals surface area contributed by atoms with Crippen molar-refractivity contribution in [1.82, 2.24) is 0 Å². The third-order valence-corrected chi connectivity index (χ3v) is 1.02. The summed E-state index contributed by atoms with van der Waals surface area (Å²) in [5, 5.41) is 2.29. The van der Waals surface area contributed by atoms with Gasteiger partial charge in [0.25, 0.3) is 0 Å². The van der Waals surface area contributed by atoms with Crippen molar-refractivity contribution < 1.29 is 0 Å². The highest BCUT2D eigenvalue weighted by molar-refractivity contribution is 7.78. The maximum absolute atomic E-state index is 4.42. The Bertz CT molecular complexity index is 224. The number of thiocarbonyl (C=S) groups is 1. The first-order valence-electron chi connectivity index (χ1n) is 2.56. The summed E-state index contributed by atoms with van der Waals surface area (Å²) in [5.41, 5.74) is 0.854. The highest BCUT2D eigenvalue weighted by Gasteiger charge is 1.79. The van der Waals surface area contributed by atoms with E-state index in [4.69, 9.17) is 0 Å². The highest BCUT2D eigenvalue weighted by atomic mass is 32.1. The molecule has 0 fully saturated rings. The second-order valence-electron chi connectivity index (χ2n) is 1.54. The average Bonchev–Trinajstić information content (AvgIpc) is 1.91. The van der Waals surface area contributed by atoms with Gasteiger partial charge in [0.15, 0.2) is 0 Å². The molecule has 0 saturated heterocycles. The minimum atomic E-state index is 0.854. The summed E-state index contributed by atoms with van der Waals surface area (Å²) in [6, 6.07) is 9.50. The molecule has 0 bridgehead atoms. The molecule has 0 spiro atoms. The van der Waals surface area contributed by atoms with E-state index in [1.54, 1.807) is 0 Å². The Morgan fingerprint density at radius 2 is 1.89 bits per heavy atom. The molecule has 0 unspecified atom stereocenters. The number of hydrogen-bond donors (Lipinski definition) is 0. The molecule has 0 aliphatic rings. The van der Waals surface area contributed by atoms with Crippen molar-refractivity contribution in [1.29, 1.82) is 0 Å². The second kappa shape index (κ2) is 3.13. The molecule has 0 aliphatic carbocycles. The first-order chi connectivity index (χ1) is 4.43. The van der Waals surface area contributed by atoms with Crippen molar-refractivity contribution in [3.05, 3.63) is 30.3 Å². The van der Waals surface area contributed by atoms with E-state index in [-0.39, 0.29) is 0 Å². The lowest BCUT2D eigenvalue weighted by Gasteiger charge is -1.83. The zero-order chi connectivity index (χ0) is 6.53. The van der Waals surface area contributed by atoms with Gasteiger partial charge in [-0.25, -0.2) is 0 Å². The largest absolute Gasteiger partial charge is 0.195 e. The van der Waals surface area contributed by atoms with E-state index in [9.17, 15) is 0 Å². The lowest BCUT2D eigenvalue weighted by Crippen LogP contribution is -1.58. The Balaban J connectivity index is 2.97. The molecule has 9 heavy (non-hydrogen) atoms. The second-order valence-corrected chi connectivity index (χ2v) is 1.72. The molecule has 0 atom stereocenters. The van der Waals surface area contributed by atoms with Crippen LogP contribution in [0.4, 0.5) is 5.69 Å². The van der Waals surface area contributed by atoms with Crippen LogP contribution in [0, 0.1) is 0 Å². The van der Waals surface area contributed by atoms with Gasteiger partial charge in [-0.1, -0.05) is 18.2 Å². The molecular weight excluding hydrogens is 132 g/mol. The smallest absolute Gasteiger partial charge is 0.0739 e. The molecule has 44 valence electrons. The molecule has 0 radical (unpaired) electrons. The molecular formula is C7H5NS. The van der Waals surface area contributed by atoms with E-state index in [2.05, 4.69) is 22.4 Å². The van der Waals surface area contributed by atoms with Crippen LogP contribution >= 0.6 is 12.2 Å². The van der Waals surface area contributed by atoms with E-state index in [0.29, 0.717) is 0 Å². The molecule has 1 aromatic carbocycles. The highest BCUT2D eigenvalue weighted by Crippen LogP contribution is 2.07. The van der Waals surface area contributed by atoms with Gasteiger partial charge in [-0.3, -0.25) is 0 Å². The summed E-state index contributed by atoms with van der Waals surface area (Å²) in [6.45, 7) is 0. The standard InChI is InChI=1S/C7H5NS/c9-6-8-7-4-2-1-3-5-7/h1-5H/i7+2. The fourth-order valence-electron chi connectivity index (χ4n) is 0.555. The van der Waals surface area contributed by atoms with Crippen LogP contribution in [0.5, 0.6) is 0 Å². The predicted molar refractivity (Wildman–Crippen MR) is 41.1 cm³/mol. The lowest BCUT2D eigenvalue weighted by atomic mass is 10.5. The minimum Gasteiger partial charge on any atom is -0.195 e. The first kappa shape index (κ1) is 6.14. The number of para-hydroxylation sites is 1. The third-order valence-electron chi connectivity index (χ3n) is 0.931. The van der Waals surface area contributed by atoms with Crippen LogP contribution < -0.4 is 0 Å². The van der Waals surface area contributed by atoms with Gasteiger partial charge in [-0.2, -0.15) is 4.99 Å². The molecule has 1 aromatic rings. The van der Waals surface area contributed by atoms with E-state index in [0.717, 1.165) is 5.69 Å². The van der Waals surface area contributed by atoms with Crippen LogP contribution in [0.3, 0.4) is 0 Å². The molecule has 1 nitrogen and oxygen atoms in total. The van der Waals surface area contributed by atoms with Crippen LogP contribution in [-0.2, 0) is 0 Å². The van der Waals surface area contributed by atoms with Gasteiger partial charge in [0.2, 0.25) is 0 Å². The predicted octanol–water partition coefficient (Wildman–Crippen LogP) is 2.42. The number of isothiocyanates is 1. The van der Waals surface area contributed by atoms with E-state index >= 15 is 0 Å². The Hall–Kier alpha value is -0.980. The average molecular weight is 137 g/mol. The Morgan fingerprint density at radius 3 is 2.44 bits per heavy atom. The Morgan fingerprint density at radius 1 is 1.22 bits per heavy atom. The zero-order valence-electron chi connectivity index (χ0n) is 4.74. The van der Waals surface area contributed by atoms with Gasteiger partial charge in [0.05, 0.1) is 10.8 Å². The molecule has 1 rings (SSSR count). The third kappa shape index (κ3) is 1.76. The van der Waals surface area contributed by atoms with Gasteiger partial charge in [0.1, 0.15) is 0 Å². The molecule has 0 N–H and O–H groups in total. The number of rotatable bonds is 1. The summed E-state index contributed by atoms with van der Waals surface area (Å²) in [6.07, 6.45) is 0. The molecule has 2 heteroatoms. The SMILES string of the molecule is S=C=N[14c]1ccccc1. The van der Waals surface area contributed by atoms with Gasteiger partial charge in [-0.15, -0.1) is 0 Å². The van der Waals surface area contributed by atoms with E-state index < -0.39 is 0 Å². The van der Waals surface area contributed by atoms with Crippen LogP contribution in [0.25, 0.3) is 0 Å². The van der Waals surface area contributed by atoms with Crippen molar-refractivity contribution in [3.8, 4) is 0 Å². The molecule has 0 heterocycles. The van der Waals surface area contributed by atoms with Gasteiger partial charge in [0, 0.05) is 0 Å². The van der Waals surface area contributed by atoms with Crippen molar-refractivity contribution in [2.75, 3.05) is 0 Å². The summed E-state index contributed by atoms with van der Waals surface area (Å²) >= 11 is 4.42. The number of nitrogens with zero attached hydrogens (tertiary/aromatic N) is 1. The van der Waals surface area contributed by atoms with Crippen molar-refractivity contribution in [3.63, 3.8) is 0 Å². The Kier molecular flexibility index (Phi) is 2.13. The van der Waals surface area contributed by atoms with Crippen molar-refractivity contribution in [2.24, 2.45) is 4.99 Å². The number of aliphatic imine (C=N–C) groups is 1. The van der Waals surface area contributed by atoms with E-state index in [1.807, 2.05) is 30.3 Å². The lowest BCUT2D eigenvalue weighted by molar-refractivity contribution is 1.55. The monoisotopic (exact) mass is 137 g/mol. The first-order valence-corrected chi connectivity index (χ1v) is 2.97. The summed E-state index contributed by atoms with van der Waals surface area (Å²) < 4.78 is 0. The molecule has 0 saturated carbocycles. The minimum absolute atomic E-state index is 0.854. The maximum Gasteiger partial charge on any atom is 0.0739 e. The zero-order valence-corrected chi connectivity index (χ0v) is 5.56. The van der Waals surface area contributed by atoms with Crippen LogP contribution in [0.15, 0.2) is 35.3 Å². The quantitative estimate of drug-likeness (QED) is 0.427. The van der Waals surface area contributed by atoms with E-state index in [1.165, 1.54) is 0 Å². The number of benzene rings is 1. The fourth-order valence-corrected chi connectivity index (χ4v) is 0.661. The van der Waals surface area contributed by atoms with Gasteiger partial charge >= 0.3 is 0 Å². The molecule has 0 aromatic heterocycles. The topological polar surface area (TPSA) is 12.4 Å². The fraction of sp³-hybridized carbons (Fsp3) is 0. The van der Waals surface area contributed by atoms with Crippen LogP contribution in [0.1, 0.15) is 0 Å². The van der Waals surface area contributed by atoms with Gasteiger partial charge in [-0.05, 0) is 24.4 Å². The maximum atomic E-state index is 4.42. The Labute approximate surface area is 59.1 Å². The van der Waals surface area contributed by atoms with Crippen molar-refractivity contribution in [2.45, 2.75) is 0 Å². The van der Waals surface area contributed by atoms with Crippen LogP contribution in [-0.4, -0.2) is 5.16 Å². The van der Waals surface area contributed by atoms with Gasteiger partial charge < -0.3 is 0 Å². The summed E-state index contributed by atoms with van der Waals surface area (Å²) in [5.74, 6) is 0. The van der Waals surface area contributed by atoms with Crippen LogP contribution in [0.2, 0.25) is 0 Å². The van der Waals surface area contributed by atoms with Crippen molar-refractivity contribution >= 4 is 23.1 Å². The summed E-state index contributed by atoms with van der Waals surface area (Å²) in [4.78, 5) is 3.77. The number of hydrogen-bond acceptors (Lipinski definition) is 2. The summed E-state index contributed by atoms with van der Waals surface area (Å²) in [7, 11) is 0. The normalized spacial score (nSPS) is 8.00.